The third-order valence-electron chi connectivity index (χ3n) is 3.26. The van der Waals surface area contributed by atoms with Gasteiger partial charge in [0, 0.05) is 10.0 Å². The smallest absolute Gasteiger partial charge is 0.126 e. The zero-order valence-corrected chi connectivity index (χ0v) is 11.4. The molecule has 1 unspecified atom stereocenters. The Morgan fingerprint density at radius 1 is 1.50 bits per heavy atom. The summed E-state index contributed by atoms with van der Waals surface area (Å²) in [5.74, 6) is 1.79. The summed E-state index contributed by atoms with van der Waals surface area (Å²) in [6.45, 7) is 4.38. The van der Waals surface area contributed by atoms with Crippen LogP contribution in [0.15, 0.2) is 16.6 Å². The van der Waals surface area contributed by atoms with Crippen LogP contribution in [0.25, 0.3) is 0 Å². The highest BCUT2D eigenvalue weighted by atomic mass is 79.9. The molecule has 1 aliphatic rings. The van der Waals surface area contributed by atoms with Gasteiger partial charge in [-0.2, -0.15) is 0 Å². The van der Waals surface area contributed by atoms with Gasteiger partial charge in [-0.3, -0.25) is 0 Å². The fraction of sp³-hybridized carbons (Fsp3) is 0.538. The van der Waals surface area contributed by atoms with Crippen molar-refractivity contribution < 1.29 is 4.74 Å². The maximum atomic E-state index is 5.52. The Kier molecular flexibility index (Phi) is 3.87. The minimum Gasteiger partial charge on any atom is -0.496 e. The first-order chi connectivity index (χ1) is 7.72. The van der Waals surface area contributed by atoms with E-state index in [4.69, 9.17) is 4.74 Å². The Hall–Kier alpha value is -0.540. The van der Waals surface area contributed by atoms with E-state index in [1.807, 2.05) is 0 Å². The van der Waals surface area contributed by atoms with Crippen LogP contribution in [0.5, 0.6) is 5.75 Å². The average molecular weight is 284 g/mol. The highest BCUT2D eigenvalue weighted by Gasteiger charge is 2.19. The Morgan fingerprint density at radius 2 is 2.31 bits per heavy atom. The lowest BCUT2D eigenvalue weighted by atomic mass is 9.96. The molecule has 1 heterocycles. The summed E-state index contributed by atoms with van der Waals surface area (Å²) >= 11 is 3.63. The van der Waals surface area contributed by atoms with Crippen LogP contribution in [0.4, 0.5) is 0 Å². The molecule has 0 bridgehead atoms. The molecule has 0 aliphatic carbocycles. The van der Waals surface area contributed by atoms with E-state index in [9.17, 15) is 0 Å². The normalized spacial score (nSPS) is 20.1. The molecule has 1 N–H and O–H groups in total. The number of aryl methyl sites for hydroxylation is 1. The second kappa shape index (κ2) is 5.19. The van der Waals surface area contributed by atoms with Crippen LogP contribution in [0.1, 0.15) is 17.5 Å². The largest absolute Gasteiger partial charge is 0.496 e. The predicted octanol–water partition coefficient (Wildman–Crippen LogP) is 2.92. The summed E-state index contributed by atoms with van der Waals surface area (Å²) < 4.78 is 6.69. The molecule has 2 rings (SSSR count). The van der Waals surface area contributed by atoms with Gasteiger partial charge in [-0.15, -0.1) is 0 Å². The third-order valence-corrected chi connectivity index (χ3v) is 4.00. The highest BCUT2D eigenvalue weighted by molar-refractivity contribution is 9.10. The molecule has 1 aliphatic heterocycles. The second-order valence-corrected chi connectivity index (χ2v) is 5.29. The number of rotatable bonds is 3. The maximum Gasteiger partial charge on any atom is 0.126 e. The van der Waals surface area contributed by atoms with Crippen molar-refractivity contribution in [1.82, 2.24) is 5.32 Å². The van der Waals surface area contributed by atoms with Gasteiger partial charge in [-0.05, 0) is 50.4 Å². The SMILES string of the molecule is COc1c(C)ccc(Br)c1CC1CCNC1. The standard InChI is InChI=1S/C13H18BrNO/c1-9-3-4-12(14)11(13(9)16-2)7-10-5-6-15-8-10/h3-4,10,15H,5-8H2,1-2H3. The lowest BCUT2D eigenvalue weighted by Crippen LogP contribution is -2.11. The van der Waals surface area contributed by atoms with Gasteiger partial charge in [0.2, 0.25) is 0 Å². The summed E-state index contributed by atoms with van der Waals surface area (Å²) in [6, 6.07) is 4.22. The van der Waals surface area contributed by atoms with Crippen molar-refractivity contribution in [3.05, 3.63) is 27.7 Å². The first-order valence-electron chi connectivity index (χ1n) is 5.75. The molecular formula is C13H18BrNO. The Balaban J connectivity index is 2.26. The first-order valence-corrected chi connectivity index (χ1v) is 6.54. The molecule has 16 heavy (non-hydrogen) atoms. The van der Waals surface area contributed by atoms with Gasteiger partial charge in [0.1, 0.15) is 5.75 Å². The van der Waals surface area contributed by atoms with E-state index in [0.717, 1.165) is 31.2 Å². The molecule has 1 saturated heterocycles. The Labute approximate surface area is 106 Å². The van der Waals surface area contributed by atoms with E-state index in [0.29, 0.717) is 0 Å². The molecule has 0 amide bonds. The summed E-state index contributed by atoms with van der Waals surface area (Å²) in [6.07, 6.45) is 2.36. The van der Waals surface area contributed by atoms with Gasteiger partial charge >= 0.3 is 0 Å². The van der Waals surface area contributed by atoms with E-state index >= 15 is 0 Å². The average Bonchev–Trinajstić information content (AvgIpc) is 2.77. The fourth-order valence-electron chi connectivity index (χ4n) is 2.37. The molecule has 1 aromatic carbocycles. The zero-order valence-electron chi connectivity index (χ0n) is 9.85. The number of halogens is 1. The van der Waals surface area contributed by atoms with Crippen molar-refractivity contribution in [2.24, 2.45) is 5.92 Å². The molecule has 1 atom stereocenters. The number of hydrogen-bond donors (Lipinski definition) is 1. The lowest BCUT2D eigenvalue weighted by molar-refractivity contribution is 0.402. The maximum absolute atomic E-state index is 5.52. The molecule has 0 radical (unpaired) electrons. The van der Waals surface area contributed by atoms with Gasteiger partial charge in [0.05, 0.1) is 7.11 Å². The van der Waals surface area contributed by atoms with Gasteiger partial charge < -0.3 is 10.1 Å². The van der Waals surface area contributed by atoms with E-state index in [2.05, 4.69) is 40.3 Å². The van der Waals surface area contributed by atoms with Crippen LogP contribution in [-0.4, -0.2) is 20.2 Å². The molecule has 88 valence electrons. The van der Waals surface area contributed by atoms with Crippen LogP contribution in [0.2, 0.25) is 0 Å². The molecule has 3 heteroatoms. The van der Waals surface area contributed by atoms with Gasteiger partial charge in [-0.1, -0.05) is 22.0 Å². The van der Waals surface area contributed by atoms with E-state index in [1.54, 1.807) is 7.11 Å². The molecule has 0 aromatic heterocycles. The minimum absolute atomic E-state index is 0.743. The zero-order chi connectivity index (χ0) is 11.5. The van der Waals surface area contributed by atoms with E-state index in [-0.39, 0.29) is 0 Å². The van der Waals surface area contributed by atoms with Gasteiger partial charge in [0.25, 0.3) is 0 Å². The van der Waals surface area contributed by atoms with Crippen LogP contribution < -0.4 is 10.1 Å². The number of nitrogens with one attached hydrogen (secondary N) is 1. The Bertz CT molecular complexity index is 372. The van der Waals surface area contributed by atoms with Crippen molar-refractivity contribution in [2.75, 3.05) is 20.2 Å². The van der Waals surface area contributed by atoms with Crippen LogP contribution in [0, 0.1) is 12.8 Å². The monoisotopic (exact) mass is 283 g/mol. The van der Waals surface area contributed by atoms with E-state index in [1.165, 1.54) is 22.0 Å². The van der Waals surface area contributed by atoms with E-state index < -0.39 is 0 Å². The van der Waals surface area contributed by atoms with Crippen molar-refractivity contribution in [2.45, 2.75) is 19.8 Å². The highest BCUT2D eigenvalue weighted by Crippen LogP contribution is 2.33. The molecular weight excluding hydrogens is 266 g/mol. The minimum atomic E-state index is 0.743. The topological polar surface area (TPSA) is 21.3 Å². The molecule has 0 spiro atoms. The number of ether oxygens (including phenoxy) is 1. The second-order valence-electron chi connectivity index (χ2n) is 4.44. The van der Waals surface area contributed by atoms with Gasteiger partial charge in [-0.25, -0.2) is 0 Å². The molecule has 1 aromatic rings. The summed E-state index contributed by atoms with van der Waals surface area (Å²) in [5, 5.41) is 3.41. The van der Waals surface area contributed by atoms with Crippen molar-refractivity contribution in [1.29, 1.82) is 0 Å². The van der Waals surface area contributed by atoms with Crippen LogP contribution >= 0.6 is 15.9 Å². The predicted molar refractivity (Wildman–Crippen MR) is 70.1 cm³/mol. The number of hydrogen-bond acceptors (Lipinski definition) is 2. The quantitative estimate of drug-likeness (QED) is 0.921. The summed E-state index contributed by atoms with van der Waals surface area (Å²) in [7, 11) is 1.76. The number of methoxy groups -OCH3 is 1. The Morgan fingerprint density at radius 3 is 2.94 bits per heavy atom. The third kappa shape index (κ3) is 2.41. The fourth-order valence-corrected chi connectivity index (χ4v) is 2.85. The van der Waals surface area contributed by atoms with Crippen molar-refractivity contribution in [3.63, 3.8) is 0 Å². The summed E-state index contributed by atoms with van der Waals surface area (Å²) in [4.78, 5) is 0. The van der Waals surface area contributed by atoms with Gasteiger partial charge in [0.15, 0.2) is 0 Å². The van der Waals surface area contributed by atoms with Crippen LogP contribution in [0.3, 0.4) is 0 Å². The van der Waals surface area contributed by atoms with Crippen LogP contribution in [-0.2, 0) is 6.42 Å². The first kappa shape index (κ1) is 11.9. The summed E-state index contributed by atoms with van der Waals surface area (Å²) in [5.41, 5.74) is 2.53. The van der Waals surface area contributed by atoms with Crippen molar-refractivity contribution >= 4 is 15.9 Å². The molecule has 2 nitrogen and oxygen atoms in total. The lowest BCUT2D eigenvalue weighted by Gasteiger charge is -2.16. The number of benzene rings is 1. The van der Waals surface area contributed by atoms with Crippen molar-refractivity contribution in [3.8, 4) is 5.75 Å². The molecule has 1 fully saturated rings. The molecule has 0 saturated carbocycles.